The molecule has 2 saturated heterocycles. The van der Waals surface area contributed by atoms with E-state index in [-0.39, 0.29) is 0 Å². The van der Waals surface area contributed by atoms with Gasteiger partial charge in [0, 0.05) is 17.6 Å². The highest BCUT2D eigenvalue weighted by molar-refractivity contribution is 4.99. The highest BCUT2D eigenvalue weighted by atomic mass is 15.3. The van der Waals surface area contributed by atoms with Crippen LogP contribution in [0, 0.1) is 5.92 Å². The second-order valence-electron chi connectivity index (χ2n) is 6.21. The Morgan fingerprint density at radius 2 is 1.57 bits per heavy atom. The van der Waals surface area contributed by atoms with E-state index in [9.17, 15) is 0 Å². The molecular weight excluding hydrogens is 170 g/mol. The van der Waals surface area contributed by atoms with Crippen molar-refractivity contribution in [3.8, 4) is 0 Å². The highest BCUT2D eigenvalue weighted by Crippen LogP contribution is 2.43. The summed E-state index contributed by atoms with van der Waals surface area (Å²) in [5.74, 6) is 1.02. The van der Waals surface area contributed by atoms with Crippen LogP contribution in [-0.4, -0.2) is 22.5 Å². The molecule has 0 amide bonds. The van der Waals surface area contributed by atoms with Crippen LogP contribution in [0.25, 0.3) is 0 Å². The molecule has 82 valence electrons. The minimum absolute atomic E-state index is 0.393. The minimum atomic E-state index is 0.393. The Labute approximate surface area is 88.9 Å². The first-order valence-corrected chi connectivity index (χ1v) is 6.30. The van der Waals surface area contributed by atoms with Crippen molar-refractivity contribution in [2.24, 2.45) is 5.92 Å². The molecule has 2 aliphatic heterocycles. The van der Waals surface area contributed by atoms with Crippen LogP contribution in [0.4, 0.5) is 0 Å². The van der Waals surface area contributed by atoms with Crippen molar-refractivity contribution in [3.63, 3.8) is 0 Å². The summed E-state index contributed by atoms with van der Waals surface area (Å²) in [5.41, 5.74) is 0.393. The molecule has 0 aliphatic carbocycles. The third-order valence-electron chi connectivity index (χ3n) is 4.18. The van der Waals surface area contributed by atoms with Crippen molar-refractivity contribution in [2.75, 3.05) is 0 Å². The molecule has 1 unspecified atom stereocenters. The van der Waals surface area contributed by atoms with Gasteiger partial charge >= 0.3 is 0 Å². The molecule has 0 aromatic rings. The Balaban J connectivity index is 2.10. The lowest BCUT2D eigenvalue weighted by Crippen LogP contribution is -2.52. The van der Waals surface area contributed by atoms with Crippen molar-refractivity contribution in [2.45, 2.75) is 77.4 Å². The molecule has 14 heavy (non-hydrogen) atoms. The Hall–Kier alpha value is -0.0400. The van der Waals surface area contributed by atoms with Crippen molar-refractivity contribution in [1.82, 2.24) is 4.90 Å². The lowest BCUT2D eigenvalue weighted by Gasteiger charge is -2.46. The lowest BCUT2D eigenvalue weighted by molar-refractivity contribution is 0.0215. The van der Waals surface area contributed by atoms with E-state index in [1.165, 1.54) is 32.1 Å². The molecule has 1 heteroatoms. The maximum atomic E-state index is 2.80. The fourth-order valence-electron chi connectivity index (χ4n) is 3.72. The smallest absolute Gasteiger partial charge is 0.0130 e. The van der Waals surface area contributed by atoms with Gasteiger partial charge in [0.2, 0.25) is 0 Å². The molecule has 0 radical (unpaired) electrons. The van der Waals surface area contributed by atoms with E-state index < -0.39 is 0 Å². The van der Waals surface area contributed by atoms with Gasteiger partial charge in [-0.15, -0.1) is 0 Å². The number of piperidine rings is 1. The molecule has 2 fully saturated rings. The van der Waals surface area contributed by atoms with Crippen LogP contribution < -0.4 is 0 Å². The van der Waals surface area contributed by atoms with Gasteiger partial charge in [-0.25, -0.2) is 0 Å². The van der Waals surface area contributed by atoms with Gasteiger partial charge in [-0.2, -0.15) is 0 Å². The van der Waals surface area contributed by atoms with Crippen molar-refractivity contribution in [3.05, 3.63) is 0 Å². The standard InChI is InChI=1S/C13H25N/c1-5-10-8-11-6-7-12(9-10)14(11)13(2,3)4/h10-12H,5-9H2,1-4H3/t10-,11-,12?/m1/s1. The Bertz CT molecular complexity index is 190. The van der Waals surface area contributed by atoms with E-state index in [0.29, 0.717) is 5.54 Å². The first kappa shape index (κ1) is 10.5. The Morgan fingerprint density at radius 1 is 1.07 bits per heavy atom. The molecule has 0 spiro atoms. The summed E-state index contributed by atoms with van der Waals surface area (Å²) in [4.78, 5) is 2.80. The van der Waals surface area contributed by atoms with E-state index in [1.54, 1.807) is 0 Å². The molecule has 0 aromatic carbocycles. The van der Waals surface area contributed by atoms with Gasteiger partial charge in [0.1, 0.15) is 0 Å². The molecule has 0 saturated carbocycles. The summed E-state index contributed by atoms with van der Waals surface area (Å²) in [6.45, 7) is 9.50. The lowest BCUT2D eigenvalue weighted by atomic mass is 9.86. The molecule has 2 heterocycles. The average molecular weight is 195 g/mol. The fourth-order valence-corrected chi connectivity index (χ4v) is 3.72. The molecule has 0 N–H and O–H groups in total. The first-order chi connectivity index (χ1) is 6.52. The van der Waals surface area contributed by atoms with Crippen LogP contribution in [0.15, 0.2) is 0 Å². The summed E-state index contributed by atoms with van der Waals surface area (Å²) in [6, 6.07) is 1.80. The van der Waals surface area contributed by atoms with Crippen molar-refractivity contribution in [1.29, 1.82) is 0 Å². The van der Waals surface area contributed by atoms with E-state index >= 15 is 0 Å². The van der Waals surface area contributed by atoms with Crippen LogP contribution in [0.2, 0.25) is 0 Å². The molecule has 1 nitrogen and oxygen atoms in total. The summed E-state index contributed by atoms with van der Waals surface area (Å²) in [7, 11) is 0. The van der Waals surface area contributed by atoms with Crippen LogP contribution in [-0.2, 0) is 0 Å². The van der Waals surface area contributed by atoms with Crippen LogP contribution in [0.5, 0.6) is 0 Å². The third-order valence-corrected chi connectivity index (χ3v) is 4.18. The largest absolute Gasteiger partial charge is 0.293 e. The zero-order chi connectivity index (χ0) is 10.3. The maximum absolute atomic E-state index is 2.80. The molecule has 0 aromatic heterocycles. The SMILES string of the molecule is CC[C@H]1CC2CC[C@H](C1)N2C(C)(C)C. The monoisotopic (exact) mass is 195 g/mol. The number of fused-ring (bicyclic) bond motifs is 2. The zero-order valence-electron chi connectivity index (χ0n) is 10.2. The summed E-state index contributed by atoms with van der Waals surface area (Å²) >= 11 is 0. The summed E-state index contributed by atoms with van der Waals surface area (Å²) in [5, 5.41) is 0. The van der Waals surface area contributed by atoms with Gasteiger partial charge in [0.15, 0.2) is 0 Å². The zero-order valence-corrected chi connectivity index (χ0v) is 10.2. The van der Waals surface area contributed by atoms with Gasteiger partial charge < -0.3 is 0 Å². The fraction of sp³-hybridized carbons (Fsp3) is 1.00. The normalized spacial score (nSPS) is 39.0. The van der Waals surface area contributed by atoms with Gasteiger partial charge in [-0.1, -0.05) is 13.3 Å². The predicted octanol–water partition coefficient (Wildman–Crippen LogP) is 3.44. The second kappa shape index (κ2) is 3.52. The van der Waals surface area contributed by atoms with Crippen molar-refractivity contribution >= 4 is 0 Å². The summed E-state index contributed by atoms with van der Waals surface area (Å²) < 4.78 is 0. The molecular formula is C13H25N. The van der Waals surface area contributed by atoms with E-state index in [1.807, 2.05) is 0 Å². The van der Waals surface area contributed by atoms with Crippen LogP contribution >= 0.6 is 0 Å². The predicted molar refractivity (Wildman–Crippen MR) is 61.4 cm³/mol. The maximum Gasteiger partial charge on any atom is 0.0130 e. The average Bonchev–Trinajstić information content (AvgIpc) is 2.38. The van der Waals surface area contributed by atoms with E-state index in [0.717, 1.165) is 18.0 Å². The number of rotatable bonds is 1. The molecule has 2 bridgehead atoms. The topological polar surface area (TPSA) is 3.24 Å². The Morgan fingerprint density at radius 3 is 1.93 bits per heavy atom. The first-order valence-electron chi connectivity index (χ1n) is 6.30. The third kappa shape index (κ3) is 1.71. The minimum Gasteiger partial charge on any atom is -0.293 e. The summed E-state index contributed by atoms with van der Waals surface area (Å²) in [6.07, 6.45) is 7.23. The number of nitrogens with zero attached hydrogens (tertiary/aromatic N) is 1. The molecule has 2 rings (SSSR count). The number of hydrogen-bond acceptors (Lipinski definition) is 1. The Kier molecular flexibility index (Phi) is 2.63. The van der Waals surface area contributed by atoms with Gasteiger partial charge in [-0.3, -0.25) is 4.90 Å². The van der Waals surface area contributed by atoms with Crippen molar-refractivity contribution < 1.29 is 0 Å². The van der Waals surface area contributed by atoms with Gasteiger partial charge in [-0.05, 0) is 52.4 Å². The van der Waals surface area contributed by atoms with E-state index in [2.05, 4.69) is 32.6 Å². The second-order valence-corrected chi connectivity index (χ2v) is 6.21. The van der Waals surface area contributed by atoms with Crippen LogP contribution in [0.1, 0.15) is 59.8 Å². The quantitative estimate of drug-likeness (QED) is 0.619. The van der Waals surface area contributed by atoms with E-state index in [4.69, 9.17) is 0 Å². The number of hydrogen-bond donors (Lipinski definition) is 0. The molecule has 2 aliphatic rings. The highest BCUT2D eigenvalue weighted by Gasteiger charge is 2.44. The van der Waals surface area contributed by atoms with Gasteiger partial charge in [0.25, 0.3) is 0 Å². The van der Waals surface area contributed by atoms with Gasteiger partial charge in [0.05, 0.1) is 0 Å². The molecule has 3 atom stereocenters. The van der Waals surface area contributed by atoms with Crippen LogP contribution in [0.3, 0.4) is 0 Å².